The Bertz CT molecular complexity index is 330. The lowest BCUT2D eigenvalue weighted by Crippen LogP contribution is -2.30. The molecule has 1 aromatic heterocycles. The van der Waals surface area contributed by atoms with E-state index in [1.165, 1.54) is 0 Å². The first-order valence-electron chi connectivity index (χ1n) is 4.85. The molecule has 0 saturated heterocycles. The summed E-state index contributed by atoms with van der Waals surface area (Å²) in [5, 5.41) is 2.79. The predicted octanol–water partition coefficient (Wildman–Crippen LogP) is 1.20. The Morgan fingerprint density at radius 1 is 1.64 bits per heavy atom. The monoisotopic (exact) mass is 195 g/mol. The fourth-order valence-electron chi connectivity index (χ4n) is 1.35. The summed E-state index contributed by atoms with van der Waals surface area (Å²) in [6, 6.07) is -0.184. The highest BCUT2D eigenvalue weighted by atomic mass is 16.2. The Kier molecular flexibility index (Phi) is 3.28. The van der Waals surface area contributed by atoms with Gasteiger partial charge >= 0.3 is 0 Å². The molecule has 78 valence electrons. The van der Waals surface area contributed by atoms with E-state index >= 15 is 0 Å². The van der Waals surface area contributed by atoms with E-state index in [1.807, 2.05) is 32.3 Å². The lowest BCUT2D eigenvalue weighted by atomic mass is 10.3. The number of hydrogen-bond acceptors (Lipinski definition) is 2. The smallest absolute Gasteiger partial charge is 0.242 e. The summed E-state index contributed by atoms with van der Waals surface area (Å²) >= 11 is 0. The van der Waals surface area contributed by atoms with Crippen LogP contribution in [0.5, 0.6) is 0 Å². The van der Waals surface area contributed by atoms with Crippen LogP contribution >= 0.6 is 0 Å². The minimum Gasteiger partial charge on any atom is -0.355 e. The summed E-state index contributed by atoms with van der Waals surface area (Å²) < 4.78 is 1.89. The van der Waals surface area contributed by atoms with Gasteiger partial charge in [0.25, 0.3) is 0 Å². The highest BCUT2D eigenvalue weighted by molar-refractivity contribution is 5.79. The number of rotatable bonds is 3. The fourth-order valence-corrected chi connectivity index (χ4v) is 1.35. The molecule has 0 bridgehead atoms. The number of nitrogens with one attached hydrogen (secondary N) is 1. The highest BCUT2D eigenvalue weighted by Crippen LogP contribution is 2.12. The Balaban J connectivity index is 2.83. The van der Waals surface area contributed by atoms with E-state index in [4.69, 9.17) is 0 Å². The summed E-state index contributed by atoms with van der Waals surface area (Å²) in [5.74, 6) is 0.0352. The van der Waals surface area contributed by atoms with E-state index in [0.29, 0.717) is 6.54 Å². The molecule has 1 aromatic rings. The molecular weight excluding hydrogens is 178 g/mol. The van der Waals surface area contributed by atoms with Gasteiger partial charge in [-0.1, -0.05) is 0 Å². The summed E-state index contributed by atoms with van der Waals surface area (Å²) in [6.45, 7) is 8.36. The van der Waals surface area contributed by atoms with Gasteiger partial charge in [0, 0.05) is 12.2 Å². The molecule has 0 aliphatic carbocycles. The van der Waals surface area contributed by atoms with Gasteiger partial charge in [-0.3, -0.25) is 4.79 Å². The molecule has 0 fully saturated rings. The van der Waals surface area contributed by atoms with Gasteiger partial charge in [-0.2, -0.15) is 0 Å². The van der Waals surface area contributed by atoms with E-state index in [-0.39, 0.29) is 11.9 Å². The number of carbonyl (C=O) groups is 1. The van der Waals surface area contributed by atoms with Gasteiger partial charge < -0.3 is 9.88 Å². The molecular formula is C10H17N3O. The molecule has 4 heteroatoms. The van der Waals surface area contributed by atoms with E-state index in [0.717, 1.165) is 11.4 Å². The van der Waals surface area contributed by atoms with Crippen LogP contribution in [0.15, 0.2) is 6.33 Å². The van der Waals surface area contributed by atoms with Crippen LogP contribution in [-0.2, 0) is 4.79 Å². The van der Waals surface area contributed by atoms with Crippen molar-refractivity contribution in [2.24, 2.45) is 0 Å². The lowest BCUT2D eigenvalue weighted by molar-refractivity contribution is -0.123. The molecule has 1 atom stereocenters. The van der Waals surface area contributed by atoms with Crippen molar-refractivity contribution in [3.05, 3.63) is 17.7 Å². The molecule has 0 aliphatic heterocycles. The first kappa shape index (κ1) is 10.8. The summed E-state index contributed by atoms with van der Waals surface area (Å²) in [4.78, 5) is 15.7. The third-order valence-electron chi connectivity index (χ3n) is 2.43. The van der Waals surface area contributed by atoms with Crippen LogP contribution in [0.1, 0.15) is 31.3 Å². The Hall–Kier alpha value is -1.32. The molecule has 1 unspecified atom stereocenters. The number of aromatic nitrogens is 2. The molecule has 1 heterocycles. The lowest BCUT2D eigenvalue weighted by Gasteiger charge is -2.14. The van der Waals surface area contributed by atoms with Crippen LogP contribution in [0, 0.1) is 13.8 Å². The minimum absolute atomic E-state index is 0.0352. The number of nitrogens with zero attached hydrogens (tertiary/aromatic N) is 2. The molecule has 0 saturated carbocycles. The highest BCUT2D eigenvalue weighted by Gasteiger charge is 2.16. The Labute approximate surface area is 84.3 Å². The number of carbonyl (C=O) groups excluding carboxylic acids is 1. The van der Waals surface area contributed by atoms with E-state index in [9.17, 15) is 4.79 Å². The van der Waals surface area contributed by atoms with Gasteiger partial charge in [0.1, 0.15) is 6.04 Å². The third-order valence-corrected chi connectivity index (χ3v) is 2.43. The SMILES string of the molecule is CCNC(=O)C(C)n1cnc(C)c1C. The standard InChI is InChI=1S/C10H17N3O/c1-5-11-10(14)9(4)13-6-12-7(2)8(13)3/h6,9H,5H2,1-4H3,(H,11,14). The van der Waals surface area contributed by atoms with Gasteiger partial charge in [0.15, 0.2) is 0 Å². The van der Waals surface area contributed by atoms with Crippen molar-refractivity contribution in [2.45, 2.75) is 33.7 Å². The Morgan fingerprint density at radius 3 is 2.71 bits per heavy atom. The van der Waals surface area contributed by atoms with E-state index in [2.05, 4.69) is 10.3 Å². The van der Waals surface area contributed by atoms with Crippen LogP contribution in [0.2, 0.25) is 0 Å². The van der Waals surface area contributed by atoms with Crippen molar-refractivity contribution in [2.75, 3.05) is 6.54 Å². The average Bonchev–Trinajstić information content (AvgIpc) is 2.47. The molecule has 0 spiro atoms. The number of likely N-dealkylation sites (N-methyl/N-ethyl adjacent to an activating group) is 1. The minimum atomic E-state index is -0.184. The van der Waals surface area contributed by atoms with E-state index < -0.39 is 0 Å². The van der Waals surface area contributed by atoms with Crippen molar-refractivity contribution in [1.29, 1.82) is 0 Å². The first-order valence-corrected chi connectivity index (χ1v) is 4.85. The van der Waals surface area contributed by atoms with Gasteiger partial charge in [-0.05, 0) is 27.7 Å². The maximum Gasteiger partial charge on any atom is 0.242 e. The second-order valence-corrected chi connectivity index (χ2v) is 3.39. The maximum absolute atomic E-state index is 11.5. The molecule has 14 heavy (non-hydrogen) atoms. The van der Waals surface area contributed by atoms with Crippen LogP contribution in [0.25, 0.3) is 0 Å². The second kappa shape index (κ2) is 4.26. The predicted molar refractivity (Wildman–Crippen MR) is 55.1 cm³/mol. The van der Waals surface area contributed by atoms with Gasteiger partial charge in [0.05, 0.1) is 12.0 Å². The molecule has 1 rings (SSSR count). The zero-order valence-electron chi connectivity index (χ0n) is 9.16. The van der Waals surface area contributed by atoms with Crippen molar-refractivity contribution < 1.29 is 4.79 Å². The van der Waals surface area contributed by atoms with Crippen LogP contribution in [-0.4, -0.2) is 22.0 Å². The molecule has 0 aromatic carbocycles. The number of hydrogen-bond donors (Lipinski definition) is 1. The van der Waals surface area contributed by atoms with Crippen molar-refractivity contribution >= 4 is 5.91 Å². The van der Waals surface area contributed by atoms with Crippen molar-refractivity contribution in [3.8, 4) is 0 Å². The van der Waals surface area contributed by atoms with E-state index in [1.54, 1.807) is 6.33 Å². The van der Waals surface area contributed by atoms with Gasteiger partial charge in [-0.15, -0.1) is 0 Å². The maximum atomic E-state index is 11.5. The van der Waals surface area contributed by atoms with Crippen LogP contribution in [0.4, 0.5) is 0 Å². The molecule has 4 nitrogen and oxygen atoms in total. The van der Waals surface area contributed by atoms with Crippen LogP contribution in [0.3, 0.4) is 0 Å². The quantitative estimate of drug-likeness (QED) is 0.787. The number of amides is 1. The Morgan fingerprint density at radius 2 is 2.29 bits per heavy atom. The number of imidazole rings is 1. The van der Waals surface area contributed by atoms with Crippen molar-refractivity contribution in [3.63, 3.8) is 0 Å². The average molecular weight is 195 g/mol. The first-order chi connectivity index (χ1) is 6.57. The molecule has 1 N–H and O–H groups in total. The normalized spacial score (nSPS) is 12.6. The van der Waals surface area contributed by atoms with Gasteiger partial charge in [0.2, 0.25) is 5.91 Å². The summed E-state index contributed by atoms with van der Waals surface area (Å²) in [7, 11) is 0. The zero-order chi connectivity index (χ0) is 10.7. The largest absolute Gasteiger partial charge is 0.355 e. The fraction of sp³-hybridized carbons (Fsp3) is 0.600. The number of aryl methyl sites for hydroxylation is 1. The molecule has 1 amide bonds. The zero-order valence-corrected chi connectivity index (χ0v) is 9.16. The summed E-state index contributed by atoms with van der Waals surface area (Å²) in [6.07, 6.45) is 1.71. The topological polar surface area (TPSA) is 46.9 Å². The molecule has 0 radical (unpaired) electrons. The second-order valence-electron chi connectivity index (χ2n) is 3.39. The van der Waals surface area contributed by atoms with Crippen molar-refractivity contribution in [1.82, 2.24) is 14.9 Å². The molecule has 0 aliphatic rings. The third kappa shape index (κ3) is 1.95. The summed E-state index contributed by atoms with van der Waals surface area (Å²) in [5.41, 5.74) is 2.02. The van der Waals surface area contributed by atoms with Gasteiger partial charge in [-0.25, -0.2) is 4.98 Å². The van der Waals surface area contributed by atoms with Crippen LogP contribution < -0.4 is 5.32 Å².